The number of hydrogen-bond donors (Lipinski definition) is 0. The summed E-state index contributed by atoms with van der Waals surface area (Å²) >= 11 is 6.57. The number of nitro groups is 1. The third-order valence-corrected chi connectivity index (χ3v) is 4.91. The number of non-ortho nitro benzene ring substituents is 1. The average Bonchev–Trinajstić information content (AvgIpc) is 2.91. The van der Waals surface area contributed by atoms with Crippen LogP contribution in [0.15, 0.2) is 24.3 Å². The Kier molecular flexibility index (Phi) is 3.49. The van der Waals surface area contributed by atoms with Crippen molar-refractivity contribution in [1.82, 2.24) is 14.6 Å². The van der Waals surface area contributed by atoms with Crippen LogP contribution in [0.2, 0.25) is 5.15 Å². The number of hydrogen-bond acceptors (Lipinski definition) is 4. The van der Waals surface area contributed by atoms with Gasteiger partial charge >= 0.3 is 0 Å². The molecule has 7 heteroatoms. The van der Waals surface area contributed by atoms with Crippen LogP contribution in [0.25, 0.3) is 16.8 Å². The van der Waals surface area contributed by atoms with Crippen molar-refractivity contribution >= 4 is 22.9 Å². The maximum absolute atomic E-state index is 10.8. The van der Waals surface area contributed by atoms with Crippen molar-refractivity contribution in [3.63, 3.8) is 0 Å². The van der Waals surface area contributed by atoms with Crippen LogP contribution in [0.1, 0.15) is 29.8 Å². The lowest BCUT2D eigenvalue weighted by Crippen LogP contribution is -2.10. The summed E-state index contributed by atoms with van der Waals surface area (Å²) in [6, 6.07) is 6.46. The zero-order valence-electron chi connectivity index (χ0n) is 13.1. The molecule has 0 saturated heterocycles. The molecular weight excluding hydrogens is 328 g/mol. The van der Waals surface area contributed by atoms with Crippen LogP contribution in [0.3, 0.4) is 0 Å². The van der Waals surface area contributed by atoms with E-state index in [4.69, 9.17) is 16.6 Å². The van der Waals surface area contributed by atoms with Gasteiger partial charge in [-0.05, 0) is 50.3 Å². The molecule has 0 N–H and O–H groups in total. The number of fused-ring (bicyclic) bond motifs is 2. The molecule has 6 nitrogen and oxygen atoms in total. The van der Waals surface area contributed by atoms with E-state index < -0.39 is 4.92 Å². The summed E-state index contributed by atoms with van der Waals surface area (Å²) in [6.45, 7) is 1.90. The Morgan fingerprint density at radius 1 is 1.21 bits per heavy atom. The van der Waals surface area contributed by atoms with Crippen LogP contribution in [-0.4, -0.2) is 19.5 Å². The van der Waals surface area contributed by atoms with Gasteiger partial charge in [-0.2, -0.15) is 5.10 Å². The van der Waals surface area contributed by atoms with Crippen molar-refractivity contribution in [1.29, 1.82) is 0 Å². The second-order valence-electron chi connectivity index (χ2n) is 6.03. The zero-order chi connectivity index (χ0) is 16.8. The zero-order valence-corrected chi connectivity index (χ0v) is 13.9. The van der Waals surface area contributed by atoms with E-state index in [9.17, 15) is 10.1 Å². The predicted octanol–water partition coefficient (Wildman–Crippen LogP) is 4.15. The van der Waals surface area contributed by atoms with Gasteiger partial charge in [0.25, 0.3) is 5.69 Å². The molecule has 0 bridgehead atoms. The van der Waals surface area contributed by atoms with Crippen molar-refractivity contribution < 1.29 is 4.92 Å². The van der Waals surface area contributed by atoms with E-state index in [1.165, 1.54) is 12.1 Å². The van der Waals surface area contributed by atoms with Gasteiger partial charge in [-0.3, -0.25) is 10.1 Å². The smallest absolute Gasteiger partial charge is 0.258 e. The number of aryl methyl sites for hydroxylation is 2. The molecule has 1 aromatic carbocycles. The molecule has 2 heterocycles. The SMILES string of the molecule is Cc1nn2c(Cl)c3c(nc2c1-c1ccc([N+](=O)[O-])cc1)CCCC3. The first-order chi connectivity index (χ1) is 11.6. The maximum atomic E-state index is 10.8. The number of halogens is 1. The van der Waals surface area contributed by atoms with Gasteiger partial charge in [0.05, 0.1) is 10.6 Å². The summed E-state index contributed by atoms with van der Waals surface area (Å²) in [5.41, 5.74) is 5.45. The summed E-state index contributed by atoms with van der Waals surface area (Å²) in [6.07, 6.45) is 4.10. The van der Waals surface area contributed by atoms with Crippen molar-refractivity contribution in [2.24, 2.45) is 0 Å². The first-order valence-corrected chi connectivity index (χ1v) is 8.25. The summed E-state index contributed by atoms with van der Waals surface area (Å²) in [4.78, 5) is 15.3. The lowest BCUT2D eigenvalue weighted by Gasteiger charge is -2.16. The van der Waals surface area contributed by atoms with Crippen molar-refractivity contribution in [2.75, 3.05) is 0 Å². The molecule has 0 atom stereocenters. The molecule has 24 heavy (non-hydrogen) atoms. The standard InChI is InChI=1S/C17H15ClN4O2/c1-10-15(11-6-8-12(9-7-11)22(23)24)17-19-14-5-3-2-4-13(14)16(18)21(17)20-10/h6-9H,2-5H2,1H3. The molecule has 0 fully saturated rings. The third-order valence-electron chi connectivity index (χ3n) is 4.52. The fourth-order valence-corrected chi connectivity index (χ4v) is 3.66. The van der Waals surface area contributed by atoms with E-state index in [-0.39, 0.29) is 5.69 Å². The highest BCUT2D eigenvalue weighted by molar-refractivity contribution is 6.30. The lowest BCUT2D eigenvalue weighted by atomic mass is 9.97. The largest absolute Gasteiger partial charge is 0.269 e. The Labute approximate surface area is 143 Å². The number of aromatic nitrogens is 3. The van der Waals surface area contributed by atoms with Crippen molar-refractivity contribution in [3.8, 4) is 11.1 Å². The molecule has 122 valence electrons. The Morgan fingerprint density at radius 2 is 1.92 bits per heavy atom. The number of nitrogens with zero attached hydrogens (tertiary/aromatic N) is 4. The number of benzene rings is 1. The lowest BCUT2D eigenvalue weighted by molar-refractivity contribution is -0.384. The summed E-state index contributed by atoms with van der Waals surface area (Å²) < 4.78 is 1.69. The average molecular weight is 343 g/mol. The van der Waals surface area contributed by atoms with Crippen molar-refractivity contribution in [3.05, 3.63) is 56.5 Å². The first-order valence-electron chi connectivity index (χ1n) is 7.87. The molecule has 0 amide bonds. The van der Waals surface area contributed by atoms with Crippen LogP contribution in [0, 0.1) is 17.0 Å². The van der Waals surface area contributed by atoms with E-state index >= 15 is 0 Å². The highest BCUT2D eigenvalue weighted by Crippen LogP contribution is 2.34. The maximum Gasteiger partial charge on any atom is 0.269 e. The molecule has 1 aliphatic carbocycles. The molecule has 4 rings (SSSR count). The number of rotatable bonds is 2. The van der Waals surface area contributed by atoms with Gasteiger partial charge in [-0.15, -0.1) is 0 Å². The Balaban J connectivity index is 1.93. The first kappa shape index (κ1) is 15.1. The molecule has 0 saturated carbocycles. The van der Waals surface area contributed by atoms with E-state index in [0.717, 1.165) is 53.8 Å². The Morgan fingerprint density at radius 3 is 2.62 bits per heavy atom. The van der Waals surface area contributed by atoms with Gasteiger partial charge in [0.15, 0.2) is 5.65 Å². The normalized spacial score (nSPS) is 13.9. The minimum Gasteiger partial charge on any atom is -0.258 e. The third kappa shape index (κ3) is 2.26. The highest BCUT2D eigenvalue weighted by Gasteiger charge is 2.22. The Hall–Kier alpha value is -2.47. The van der Waals surface area contributed by atoms with Crippen LogP contribution < -0.4 is 0 Å². The molecule has 1 aliphatic rings. The van der Waals surface area contributed by atoms with Gasteiger partial charge in [0, 0.05) is 29.0 Å². The second kappa shape index (κ2) is 5.56. The van der Waals surface area contributed by atoms with Gasteiger partial charge in [-0.25, -0.2) is 9.50 Å². The summed E-state index contributed by atoms with van der Waals surface area (Å²) in [5, 5.41) is 16.0. The van der Waals surface area contributed by atoms with Gasteiger partial charge in [-0.1, -0.05) is 11.6 Å². The van der Waals surface area contributed by atoms with Crippen LogP contribution in [-0.2, 0) is 12.8 Å². The van der Waals surface area contributed by atoms with Crippen LogP contribution in [0.5, 0.6) is 0 Å². The summed E-state index contributed by atoms with van der Waals surface area (Å²) in [7, 11) is 0. The topological polar surface area (TPSA) is 73.3 Å². The van der Waals surface area contributed by atoms with Crippen LogP contribution >= 0.6 is 11.6 Å². The fraction of sp³-hybridized carbons (Fsp3) is 0.294. The fourth-order valence-electron chi connectivity index (χ4n) is 3.33. The minimum absolute atomic E-state index is 0.0660. The summed E-state index contributed by atoms with van der Waals surface area (Å²) in [5.74, 6) is 0. The van der Waals surface area contributed by atoms with E-state index in [1.807, 2.05) is 6.92 Å². The van der Waals surface area contributed by atoms with E-state index in [2.05, 4.69) is 5.10 Å². The van der Waals surface area contributed by atoms with Gasteiger partial charge < -0.3 is 0 Å². The molecule has 2 aromatic heterocycles. The number of nitro benzene ring substituents is 1. The monoisotopic (exact) mass is 342 g/mol. The highest BCUT2D eigenvalue weighted by atomic mass is 35.5. The van der Waals surface area contributed by atoms with E-state index in [1.54, 1.807) is 16.6 Å². The second-order valence-corrected chi connectivity index (χ2v) is 6.39. The minimum atomic E-state index is -0.405. The van der Waals surface area contributed by atoms with Gasteiger partial charge in [0.2, 0.25) is 0 Å². The molecule has 0 radical (unpaired) electrons. The molecule has 0 aliphatic heterocycles. The molecule has 0 unspecified atom stereocenters. The molecule has 0 spiro atoms. The van der Waals surface area contributed by atoms with Crippen molar-refractivity contribution in [2.45, 2.75) is 32.6 Å². The molecule has 3 aromatic rings. The Bertz CT molecular complexity index is 963. The quantitative estimate of drug-likeness (QED) is 0.398. The predicted molar refractivity (Wildman–Crippen MR) is 91.5 cm³/mol. The van der Waals surface area contributed by atoms with Crippen LogP contribution in [0.4, 0.5) is 5.69 Å². The van der Waals surface area contributed by atoms with E-state index in [0.29, 0.717) is 10.8 Å². The molecular formula is C17H15ClN4O2. The van der Waals surface area contributed by atoms with Gasteiger partial charge in [0.1, 0.15) is 5.15 Å².